The molecule has 1 heterocycles. The second kappa shape index (κ2) is 8.09. The Kier molecular flexibility index (Phi) is 5.61. The third kappa shape index (κ3) is 4.38. The number of hydrogen-bond donors (Lipinski definition) is 1. The fourth-order valence-electron chi connectivity index (χ4n) is 2.59. The number of imide groups is 1. The molecule has 0 radical (unpaired) electrons. The van der Waals surface area contributed by atoms with Crippen molar-refractivity contribution in [3.05, 3.63) is 64.6 Å². The number of hydrogen-bond acceptors (Lipinski definition) is 5. The van der Waals surface area contributed by atoms with Crippen molar-refractivity contribution in [2.45, 2.75) is 13.3 Å². The highest BCUT2D eigenvalue weighted by atomic mass is 32.2. The van der Waals surface area contributed by atoms with Crippen molar-refractivity contribution in [2.75, 3.05) is 11.5 Å². The minimum absolute atomic E-state index is 0.0581. The molecule has 0 bridgehead atoms. The summed E-state index contributed by atoms with van der Waals surface area (Å²) in [5.74, 6) is -0.796. The summed E-state index contributed by atoms with van der Waals surface area (Å²) in [6.45, 7) is 1.91. The lowest BCUT2D eigenvalue weighted by Crippen LogP contribution is -2.28. The Hall–Kier alpha value is -3.06. The van der Waals surface area contributed by atoms with Gasteiger partial charge in [-0.15, -0.1) is 0 Å². The molecule has 7 heteroatoms. The Morgan fingerprint density at radius 3 is 2.70 bits per heavy atom. The van der Waals surface area contributed by atoms with Gasteiger partial charge in [-0.05, 0) is 54.1 Å². The van der Waals surface area contributed by atoms with Crippen LogP contribution in [-0.2, 0) is 9.59 Å². The van der Waals surface area contributed by atoms with Crippen LogP contribution in [0.3, 0.4) is 0 Å². The quantitative estimate of drug-likeness (QED) is 0.757. The van der Waals surface area contributed by atoms with Gasteiger partial charge in [-0.3, -0.25) is 14.4 Å². The van der Waals surface area contributed by atoms with Crippen LogP contribution in [-0.4, -0.2) is 28.8 Å². The number of carboxylic acids is 1. The van der Waals surface area contributed by atoms with E-state index >= 15 is 0 Å². The lowest BCUT2D eigenvalue weighted by Gasteiger charge is -2.14. The number of carbonyl (C=O) groups excluding carboxylic acids is 2. The predicted octanol–water partition coefficient (Wildman–Crippen LogP) is 4.09. The number of benzene rings is 2. The third-order valence-electron chi connectivity index (χ3n) is 3.89. The van der Waals surface area contributed by atoms with Gasteiger partial charge in [0.25, 0.3) is 11.1 Å². The second-order valence-corrected chi connectivity index (χ2v) is 6.86. The van der Waals surface area contributed by atoms with Crippen LogP contribution in [0.1, 0.15) is 17.5 Å². The Labute approximate surface area is 160 Å². The molecule has 1 N–H and O–H groups in total. The summed E-state index contributed by atoms with van der Waals surface area (Å²) in [6, 6.07) is 14.2. The number of nitrogens with zero attached hydrogens (tertiary/aromatic N) is 1. The zero-order chi connectivity index (χ0) is 19.4. The van der Waals surface area contributed by atoms with Crippen molar-refractivity contribution in [3.8, 4) is 5.75 Å². The molecule has 3 rings (SSSR count). The summed E-state index contributed by atoms with van der Waals surface area (Å²) >= 11 is 0.888. The first-order valence-electron chi connectivity index (χ1n) is 8.24. The van der Waals surface area contributed by atoms with E-state index in [9.17, 15) is 14.4 Å². The monoisotopic (exact) mass is 383 g/mol. The summed E-state index contributed by atoms with van der Waals surface area (Å²) in [6.07, 6.45) is 1.53. The van der Waals surface area contributed by atoms with Gasteiger partial charge in [0.15, 0.2) is 0 Å². The summed E-state index contributed by atoms with van der Waals surface area (Å²) in [5.41, 5.74) is 2.11. The fourth-order valence-corrected chi connectivity index (χ4v) is 3.43. The highest BCUT2D eigenvalue weighted by Gasteiger charge is 2.36. The van der Waals surface area contributed by atoms with Crippen LogP contribution in [0.4, 0.5) is 10.5 Å². The van der Waals surface area contributed by atoms with Gasteiger partial charge in [-0.2, -0.15) is 0 Å². The van der Waals surface area contributed by atoms with Crippen LogP contribution in [0, 0.1) is 6.92 Å². The van der Waals surface area contributed by atoms with Gasteiger partial charge in [0.05, 0.1) is 23.6 Å². The van der Waals surface area contributed by atoms with Crippen LogP contribution in [0.25, 0.3) is 6.08 Å². The molecule has 0 atom stereocenters. The van der Waals surface area contributed by atoms with Gasteiger partial charge >= 0.3 is 5.97 Å². The molecule has 2 aromatic carbocycles. The third-order valence-corrected chi connectivity index (χ3v) is 4.76. The van der Waals surface area contributed by atoms with Crippen molar-refractivity contribution in [3.63, 3.8) is 0 Å². The van der Waals surface area contributed by atoms with E-state index in [0.717, 1.165) is 17.3 Å². The van der Waals surface area contributed by atoms with Gasteiger partial charge in [0.1, 0.15) is 5.75 Å². The second-order valence-electron chi connectivity index (χ2n) is 5.87. The first-order valence-corrected chi connectivity index (χ1v) is 9.05. The molecule has 1 aliphatic rings. The molecule has 2 amide bonds. The first-order chi connectivity index (χ1) is 13.0. The molecule has 6 nitrogen and oxygen atoms in total. The number of carbonyl (C=O) groups is 3. The van der Waals surface area contributed by atoms with Crippen molar-refractivity contribution in [1.29, 1.82) is 0 Å². The molecule has 0 aromatic heterocycles. The number of anilines is 1. The van der Waals surface area contributed by atoms with E-state index in [-0.39, 0.29) is 24.2 Å². The Balaban J connectivity index is 1.80. The maximum Gasteiger partial charge on any atom is 0.306 e. The number of ether oxygens (including phenoxy) is 1. The number of rotatable bonds is 6. The van der Waals surface area contributed by atoms with E-state index in [1.807, 2.05) is 19.1 Å². The SMILES string of the molecule is Cc1ccccc1N1C(=O)S/C(=C/c2cccc(OCCC(=O)O)c2)C1=O. The van der Waals surface area contributed by atoms with Crippen LogP contribution in [0.2, 0.25) is 0 Å². The van der Waals surface area contributed by atoms with Gasteiger partial charge < -0.3 is 9.84 Å². The molecule has 1 saturated heterocycles. The molecule has 27 heavy (non-hydrogen) atoms. The Morgan fingerprint density at radius 2 is 1.96 bits per heavy atom. The Bertz CT molecular complexity index is 937. The average molecular weight is 383 g/mol. The molecule has 138 valence electrons. The molecule has 2 aromatic rings. The largest absolute Gasteiger partial charge is 0.493 e. The van der Waals surface area contributed by atoms with Crippen LogP contribution in [0.15, 0.2) is 53.4 Å². The minimum Gasteiger partial charge on any atom is -0.493 e. The summed E-state index contributed by atoms with van der Waals surface area (Å²) in [4.78, 5) is 37.1. The number of carboxylic acid groups (broad SMARTS) is 1. The predicted molar refractivity (Wildman–Crippen MR) is 104 cm³/mol. The maximum atomic E-state index is 12.7. The molecular formula is C20H17NO5S. The zero-order valence-electron chi connectivity index (χ0n) is 14.5. The van der Waals surface area contributed by atoms with Gasteiger partial charge in [-0.25, -0.2) is 4.90 Å². The first kappa shape index (κ1) is 18.7. The molecule has 0 unspecified atom stereocenters. The van der Waals surface area contributed by atoms with E-state index < -0.39 is 5.97 Å². The molecular weight excluding hydrogens is 366 g/mol. The van der Waals surface area contributed by atoms with Crippen molar-refractivity contribution in [1.82, 2.24) is 0 Å². The lowest BCUT2D eigenvalue weighted by atomic mass is 10.1. The molecule has 1 aliphatic heterocycles. The maximum absolute atomic E-state index is 12.7. The zero-order valence-corrected chi connectivity index (χ0v) is 15.4. The van der Waals surface area contributed by atoms with Crippen molar-refractivity contribution < 1.29 is 24.2 Å². The van der Waals surface area contributed by atoms with Gasteiger partial charge in [0, 0.05) is 0 Å². The average Bonchev–Trinajstić information content (AvgIpc) is 2.89. The lowest BCUT2D eigenvalue weighted by molar-refractivity contribution is -0.137. The molecule has 0 aliphatic carbocycles. The number of aryl methyl sites for hydroxylation is 1. The minimum atomic E-state index is -0.934. The highest BCUT2D eigenvalue weighted by molar-refractivity contribution is 8.19. The van der Waals surface area contributed by atoms with Crippen LogP contribution < -0.4 is 9.64 Å². The van der Waals surface area contributed by atoms with Gasteiger partial charge in [0.2, 0.25) is 0 Å². The van der Waals surface area contributed by atoms with Gasteiger partial charge in [-0.1, -0.05) is 30.3 Å². The normalized spacial score (nSPS) is 15.4. The number of amides is 2. The smallest absolute Gasteiger partial charge is 0.306 e. The molecule has 0 spiro atoms. The topological polar surface area (TPSA) is 83.9 Å². The molecule has 1 fully saturated rings. The fraction of sp³-hybridized carbons (Fsp3) is 0.150. The Morgan fingerprint density at radius 1 is 1.19 bits per heavy atom. The van der Waals surface area contributed by atoms with E-state index in [2.05, 4.69) is 0 Å². The van der Waals surface area contributed by atoms with E-state index in [0.29, 0.717) is 21.9 Å². The van der Waals surface area contributed by atoms with Crippen molar-refractivity contribution in [2.24, 2.45) is 0 Å². The summed E-state index contributed by atoms with van der Waals surface area (Å²) in [7, 11) is 0. The number of para-hydroxylation sites is 1. The summed E-state index contributed by atoms with van der Waals surface area (Å²) in [5, 5.41) is 8.32. The standard InChI is InChI=1S/C20H17NO5S/c1-13-5-2-3-8-16(13)21-19(24)17(27-20(21)25)12-14-6-4-7-15(11-14)26-10-9-18(22)23/h2-8,11-12H,9-10H2,1H3,(H,22,23)/b17-12+. The number of thioether (sulfide) groups is 1. The summed E-state index contributed by atoms with van der Waals surface area (Å²) < 4.78 is 5.40. The number of aliphatic carboxylic acids is 1. The highest BCUT2D eigenvalue weighted by Crippen LogP contribution is 2.37. The molecule has 0 saturated carbocycles. The van der Waals surface area contributed by atoms with E-state index in [1.165, 1.54) is 4.90 Å². The van der Waals surface area contributed by atoms with Crippen LogP contribution in [0.5, 0.6) is 5.75 Å². The van der Waals surface area contributed by atoms with Crippen LogP contribution >= 0.6 is 11.8 Å². The van der Waals surface area contributed by atoms with E-state index in [1.54, 1.807) is 42.5 Å². The van der Waals surface area contributed by atoms with E-state index in [4.69, 9.17) is 9.84 Å². The van der Waals surface area contributed by atoms with Crippen molar-refractivity contribution >= 4 is 40.6 Å².